The van der Waals surface area contributed by atoms with Crippen LogP contribution in [0.2, 0.25) is 5.02 Å². The number of fused-ring (bicyclic) bond motifs is 3. The van der Waals surface area contributed by atoms with Crippen LogP contribution in [0.1, 0.15) is 5.56 Å². The van der Waals surface area contributed by atoms with E-state index in [0.717, 1.165) is 11.8 Å². The van der Waals surface area contributed by atoms with Gasteiger partial charge in [0.05, 0.1) is 12.1 Å². The minimum Gasteiger partial charge on any atom is -0.505 e. The lowest BCUT2D eigenvalue weighted by atomic mass is 10.1. The molecule has 0 aliphatic carbocycles. The Bertz CT molecular complexity index is 1640. The topological polar surface area (TPSA) is 72.4 Å². The lowest BCUT2D eigenvalue weighted by molar-refractivity contribution is 0.446. The van der Waals surface area contributed by atoms with Crippen LogP contribution in [0.15, 0.2) is 96.6 Å². The number of aromatic nitrogens is 1. The van der Waals surface area contributed by atoms with Gasteiger partial charge < -0.3 is 14.1 Å². The van der Waals surface area contributed by atoms with Crippen molar-refractivity contribution < 1.29 is 13.9 Å². The third-order valence-corrected chi connectivity index (χ3v) is 6.52. The average molecular weight is 480 g/mol. The highest BCUT2D eigenvalue weighted by molar-refractivity contribution is 7.99. The summed E-state index contributed by atoms with van der Waals surface area (Å²) in [6, 6.07) is 19.5. The number of benzene rings is 3. The molecule has 2 heterocycles. The maximum absolute atomic E-state index is 13.5. The Morgan fingerprint density at radius 3 is 2.52 bits per heavy atom. The first-order chi connectivity index (χ1) is 15.9. The Kier molecular flexibility index (Phi) is 5.44. The first-order valence-corrected chi connectivity index (χ1v) is 11.1. The number of pyridine rings is 1. The standard InChI is InChI=1S/C25H15ClFNO4S/c26-15-4-3-5-17(12-15)33-23-21(29)20-22(32-25(23)31)18-6-1-2-7-19(18)28(24(20)30)13-14-8-10-16(27)11-9-14/h1-12,29H,13H2. The van der Waals surface area contributed by atoms with Gasteiger partial charge >= 0.3 is 5.63 Å². The van der Waals surface area contributed by atoms with Crippen molar-refractivity contribution in [3.8, 4) is 5.75 Å². The fourth-order valence-electron chi connectivity index (χ4n) is 3.71. The maximum atomic E-state index is 13.5. The summed E-state index contributed by atoms with van der Waals surface area (Å²) < 4.78 is 20.4. The SMILES string of the molecule is O=c1oc2c(c(O)c1Sc1cccc(Cl)c1)c(=O)n(Cc1ccc(F)cc1)c1ccccc21. The van der Waals surface area contributed by atoms with E-state index in [0.29, 0.717) is 26.4 Å². The van der Waals surface area contributed by atoms with Gasteiger partial charge in [-0.1, -0.05) is 53.7 Å². The molecule has 0 spiro atoms. The van der Waals surface area contributed by atoms with Gasteiger partial charge in [0.2, 0.25) is 0 Å². The fraction of sp³-hybridized carbons (Fsp3) is 0.0400. The van der Waals surface area contributed by atoms with E-state index in [1.54, 1.807) is 60.7 Å². The summed E-state index contributed by atoms with van der Waals surface area (Å²) in [6.07, 6.45) is 0. The van der Waals surface area contributed by atoms with Crippen LogP contribution in [-0.2, 0) is 6.54 Å². The van der Waals surface area contributed by atoms with Gasteiger partial charge in [0.1, 0.15) is 16.1 Å². The Morgan fingerprint density at radius 1 is 1.00 bits per heavy atom. The Morgan fingerprint density at radius 2 is 1.76 bits per heavy atom. The molecule has 5 nitrogen and oxygen atoms in total. The molecule has 0 fully saturated rings. The van der Waals surface area contributed by atoms with Crippen LogP contribution in [0, 0.1) is 5.82 Å². The second-order valence-electron chi connectivity index (χ2n) is 7.37. The van der Waals surface area contributed by atoms with E-state index in [1.807, 2.05) is 0 Å². The normalized spacial score (nSPS) is 11.3. The second kappa shape index (κ2) is 8.42. The van der Waals surface area contributed by atoms with E-state index in [4.69, 9.17) is 16.0 Å². The van der Waals surface area contributed by atoms with Crippen LogP contribution in [0.4, 0.5) is 4.39 Å². The zero-order valence-electron chi connectivity index (χ0n) is 16.9. The molecule has 1 N–H and O–H groups in total. The van der Waals surface area contributed by atoms with Crippen LogP contribution in [0.25, 0.3) is 21.9 Å². The molecule has 0 bridgehead atoms. The highest BCUT2D eigenvalue weighted by atomic mass is 35.5. The zero-order chi connectivity index (χ0) is 23.1. The highest BCUT2D eigenvalue weighted by Gasteiger charge is 2.22. The van der Waals surface area contributed by atoms with Crippen molar-refractivity contribution in [3.63, 3.8) is 0 Å². The smallest absolute Gasteiger partial charge is 0.354 e. The van der Waals surface area contributed by atoms with Crippen molar-refractivity contribution in [1.82, 2.24) is 4.57 Å². The second-order valence-corrected chi connectivity index (χ2v) is 8.89. The number of hydrogen-bond donors (Lipinski definition) is 1. The van der Waals surface area contributed by atoms with Crippen molar-refractivity contribution >= 4 is 45.2 Å². The minimum atomic E-state index is -0.759. The van der Waals surface area contributed by atoms with E-state index >= 15 is 0 Å². The summed E-state index contributed by atoms with van der Waals surface area (Å²) in [5.41, 5.74) is -0.0394. The number of rotatable bonds is 4. The van der Waals surface area contributed by atoms with E-state index in [1.165, 1.54) is 16.7 Å². The number of para-hydroxylation sites is 1. The third-order valence-electron chi connectivity index (χ3n) is 5.23. The summed E-state index contributed by atoms with van der Waals surface area (Å²) in [5.74, 6) is -0.827. The molecule has 0 unspecified atom stereocenters. The van der Waals surface area contributed by atoms with Gasteiger partial charge in [-0.05, 0) is 48.0 Å². The molecule has 2 aromatic heterocycles. The summed E-state index contributed by atoms with van der Waals surface area (Å²) >= 11 is 6.99. The van der Waals surface area contributed by atoms with Crippen LogP contribution in [0.5, 0.6) is 5.75 Å². The molecular formula is C25H15ClFNO4S. The molecule has 0 aliphatic heterocycles. The van der Waals surface area contributed by atoms with Crippen molar-refractivity contribution in [3.05, 3.63) is 110 Å². The molecule has 0 radical (unpaired) electrons. The van der Waals surface area contributed by atoms with Gasteiger partial charge in [-0.3, -0.25) is 4.79 Å². The lowest BCUT2D eigenvalue weighted by Crippen LogP contribution is -2.22. The zero-order valence-corrected chi connectivity index (χ0v) is 18.5. The summed E-state index contributed by atoms with van der Waals surface area (Å²) in [6.45, 7) is 0.144. The molecule has 0 amide bonds. The van der Waals surface area contributed by atoms with Crippen LogP contribution in [0.3, 0.4) is 0 Å². The molecule has 5 rings (SSSR count). The van der Waals surface area contributed by atoms with E-state index in [-0.39, 0.29) is 28.2 Å². The van der Waals surface area contributed by atoms with Crippen molar-refractivity contribution in [1.29, 1.82) is 0 Å². The first-order valence-electron chi connectivity index (χ1n) is 9.91. The Balaban J connectivity index is 1.77. The molecule has 8 heteroatoms. The van der Waals surface area contributed by atoms with Gasteiger partial charge in [0.15, 0.2) is 11.3 Å². The van der Waals surface area contributed by atoms with Crippen molar-refractivity contribution in [2.45, 2.75) is 16.3 Å². The molecule has 0 saturated heterocycles. The lowest BCUT2D eigenvalue weighted by Gasteiger charge is -2.14. The number of halogens is 2. The molecule has 33 heavy (non-hydrogen) atoms. The quantitative estimate of drug-likeness (QED) is 0.329. The van der Waals surface area contributed by atoms with E-state index in [9.17, 15) is 19.1 Å². The van der Waals surface area contributed by atoms with Gasteiger partial charge in [0, 0.05) is 15.3 Å². The predicted octanol–water partition coefficient (Wildman–Crippen LogP) is 5.81. The number of hydrogen-bond acceptors (Lipinski definition) is 5. The summed E-state index contributed by atoms with van der Waals surface area (Å²) in [4.78, 5) is 26.8. The first kappa shape index (κ1) is 21.3. The highest BCUT2D eigenvalue weighted by Crippen LogP contribution is 2.37. The molecule has 3 aromatic carbocycles. The van der Waals surface area contributed by atoms with Crippen molar-refractivity contribution in [2.24, 2.45) is 0 Å². The Labute approximate surface area is 195 Å². The van der Waals surface area contributed by atoms with Gasteiger partial charge in [-0.25, -0.2) is 9.18 Å². The van der Waals surface area contributed by atoms with Crippen LogP contribution < -0.4 is 11.2 Å². The molecule has 0 aliphatic rings. The minimum absolute atomic E-state index is 0.0175. The molecule has 0 saturated carbocycles. The average Bonchev–Trinajstić information content (AvgIpc) is 2.80. The molecular weight excluding hydrogens is 465 g/mol. The fourth-order valence-corrected chi connectivity index (χ4v) is 4.86. The van der Waals surface area contributed by atoms with E-state index in [2.05, 4.69) is 0 Å². The summed E-state index contributed by atoms with van der Waals surface area (Å²) in [7, 11) is 0. The molecule has 5 aromatic rings. The molecule has 164 valence electrons. The van der Waals surface area contributed by atoms with Crippen molar-refractivity contribution in [2.75, 3.05) is 0 Å². The van der Waals surface area contributed by atoms with Crippen LogP contribution >= 0.6 is 23.4 Å². The van der Waals surface area contributed by atoms with Gasteiger partial charge in [-0.2, -0.15) is 0 Å². The Hall–Kier alpha value is -3.55. The maximum Gasteiger partial charge on any atom is 0.354 e. The number of aromatic hydroxyl groups is 1. The number of nitrogens with zero attached hydrogens (tertiary/aromatic N) is 1. The third kappa shape index (κ3) is 3.90. The van der Waals surface area contributed by atoms with Gasteiger partial charge in [0.25, 0.3) is 5.56 Å². The van der Waals surface area contributed by atoms with Crippen LogP contribution in [-0.4, -0.2) is 9.67 Å². The summed E-state index contributed by atoms with van der Waals surface area (Å²) in [5, 5.41) is 11.9. The van der Waals surface area contributed by atoms with Gasteiger partial charge in [-0.15, -0.1) is 0 Å². The largest absolute Gasteiger partial charge is 0.505 e. The monoisotopic (exact) mass is 479 g/mol. The molecule has 0 atom stereocenters. The van der Waals surface area contributed by atoms with E-state index < -0.39 is 16.9 Å². The predicted molar refractivity (Wildman–Crippen MR) is 127 cm³/mol.